The van der Waals surface area contributed by atoms with E-state index in [2.05, 4.69) is 64.4 Å². The van der Waals surface area contributed by atoms with Gasteiger partial charge in [-0.2, -0.15) is 5.10 Å². The molecule has 2 aromatic heterocycles. The minimum Gasteiger partial charge on any atom is -0.413 e. The molecular weight excluding hydrogens is 586 g/mol. The number of hydrogen-bond acceptors (Lipinski definition) is 6. The number of anilines is 1. The van der Waals surface area contributed by atoms with Gasteiger partial charge in [0.05, 0.1) is 24.0 Å². The fourth-order valence-electron chi connectivity index (χ4n) is 6.72. The zero-order valence-electron chi connectivity index (χ0n) is 28.9. The molecule has 0 radical (unpaired) electrons. The maximum Gasteiger partial charge on any atom is 0.252 e. The van der Waals surface area contributed by atoms with Crippen LogP contribution in [0.1, 0.15) is 97.0 Å². The molecule has 1 aromatic carbocycles. The number of fused-ring (bicyclic) bond motifs is 1. The van der Waals surface area contributed by atoms with Crippen LogP contribution in [0.15, 0.2) is 35.3 Å². The van der Waals surface area contributed by atoms with Crippen LogP contribution in [0.2, 0.25) is 18.1 Å². The van der Waals surface area contributed by atoms with Gasteiger partial charge in [0.25, 0.3) is 5.56 Å². The molecule has 2 unspecified atom stereocenters. The van der Waals surface area contributed by atoms with Gasteiger partial charge in [-0.25, -0.2) is 9.07 Å². The standard InChI is InChI=1S/C35H54FN5O3Si/c1-10-27-21-40(30-19-32(42)38(7)31-22-41(37-34(30)31)33-14-12-13-17-43-33)28(11-2)20-39(27)24(3)29-16-15-26(36)18-25(29)23-44-45(8,9)35(4,5)6/h15-16,18-19,22,24,27-28,33H,10-14,17,20-21,23H2,1-9H3/t24?,27-,28+,33?/m1/s1. The molecule has 0 N–H and O–H groups in total. The van der Waals surface area contributed by atoms with Crippen molar-refractivity contribution in [3.63, 3.8) is 0 Å². The Hall–Kier alpha value is -2.53. The normalized spacial score (nSPS) is 22.7. The highest BCUT2D eigenvalue weighted by atomic mass is 28.4. The number of benzene rings is 1. The molecular formula is C35H54FN5O3Si. The molecule has 45 heavy (non-hydrogen) atoms. The summed E-state index contributed by atoms with van der Waals surface area (Å²) in [5, 5.41) is 5.12. The van der Waals surface area contributed by atoms with Crippen LogP contribution >= 0.6 is 0 Å². The van der Waals surface area contributed by atoms with Gasteiger partial charge in [0.2, 0.25) is 0 Å². The lowest BCUT2D eigenvalue weighted by molar-refractivity contribution is -0.0390. The number of halogens is 1. The highest BCUT2D eigenvalue weighted by Gasteiger charge is 2.39. The van der Waals surface area contributed by atoms with Crippen LogP contribution in [-0.2, 0) is 22.8 Å². The molecule has 248 valence electrons. The minimum atomic E-state index is -2.01. The SMILES string of the molecule is CC[C@H]1CN(C(C)c2ccc(F)cc2CO[Si](C)(C)C(C)(C)C)[C@H](CC)CN1c1cc(=O)n(C)c2cn(C3CCCCO3)nc12. The van der Waals surface area contributed by atoms with E-state index in [0.717, 1.165) is 79.6 Å². The van der Waals surface area contributed by atoms with Gasteiger partial charge < -0.3 is 18.6 Å². The zero-order valence-corrected chi connectivity index (χ0v) is 29.9. The summed E-state index contributed by atoms with van der Waals surface area (Å²) in [5.41, 5.74) is 4.62. The summed E-state index contributed by atoms with van der Waals surface area (Å²) in [4.78, 5) is 18.3. The van der Waals surface area contributed by atoms with Crippen molar-refractivity contribution < 1.29 is 13.6 Å². The molecule has 2 fully saturated rings. The molecule has 10 heteroatoms. The largest absolute Gasteiger partial charge is 0.413 e. The molecule has 2 aliphatic rings. The molecule has 0 amide bonds. The fraction of sp³-hybridized carbons (Fsp3) is 0.657. The van der Waals surface area contributed by atoms with Gasteiger partial charge in [-0.05, 0) is 80.4 Å². The maximum atomic E-state index is 14.6. The predicted octanol–water partition coefficient (Wildman–Crippen LogP) is 7.54. The quantitative estimate of drug-likeness (QED) is 0.226. The number of pyridine rings is 1. The lowest BCUT2D eigenvalue weighted by atomic mass is 9.94. The van der Waals surface area contributed by atoms with Crippen LogP contribution in [-0.4, -0.2) is 59.3 Å². The Labute approximate surface area is 269 Å². The first-order chi connectivity index (χ1) is 21.3. The Morgan fingerprint density at radius 1 is 1.11 bits per heavy atom. The van der Waals surface area contributed by atoms with E-state index in [-0.39, 0.29) is 40.8 Å². The van der Waals surface area contributed by atoms with Gasteiger partial charge >= 0.3 is 0 Å². The summed E-state index contributed by atoms with van der Waals surface area (Å²) >= 11 is 0. The Bertz CT molecular complexity index is 1540. The number of nitrogens with zero attached hydrogens (tertiary/aromatic N) is 5. The molecule has 5 rings (SSSR count). The van der Waals surface area contributed by atoms with E-state index in [1.54, 1.807) is 22.8 Å². The van der Waals surface area contributed by atoms with E-state index in [4.69, 9.17) is 14.3 Å². The highest BCUT2D eigenvalue weighted by molar-refractivity contribution is 6.74. The van der Waals surface area contributed by atoms with E-state index in [0.29, 0.717) is 6.61 Å². The number of piperazine rings is 1. The molecule has 2 saturated heterocycles. The first kappa shape index (κ1) is 33.8. The van der Waals surface area contributed by atoms with E-state index >= 15 is 0 Å². The molecule has 0 saturated carbocycles. The van der Waals surface area contributed by atoms with E-state index in [1.165, 1.54) is 0 Å². The molecule has 4 atom stereocenters. The van der Waals surface area contributed by atoms with Crippen molar-refractivity contribution in [2.75, 3.05) is 24.6 Å². The van der Waals surface area contributed by atoms with E-state index in [9.17, 15) is 9.18 Å². The third kappa shape index (κ3) is 6.80. The molecule has 3 aromatic rings. The van der Waals surface area contributed by atoms with Gasteiger partial charge in [0.1, 0.15) is 17.6 Å². The first-order valence-corrected chi connectivity index (χ1v) is 19.8. The lowest BCUT2D eigenvalue weighted by Crippen LogP contribution is -2.59. The minimum absolute atomic E-state index is 0.0296. The summed E-state index contributed by atoms with van der Waals surface area (Å²) < 4.78 is 30.9. The predicted molar refractivity (Wildman–Crippen MR) is 183 cm³/mol. The maximum absolute atomic E-state index is 14.6. The second-order valence-electron chi connectivity index (χ2n) is 14.6. The summed E-state index contributed by atoms with van der Waals surface area (Å²) in [5.74, 6) is -0.226. The second kappa shape index (κ2) is 13.3. The third-order valence-corrected chi connectivity index (χ3v) is 15.3. The topological polar surface area (TPSA) is 64.8 Å². The number of ether oxygens (including phenoxy) is 1. The summed E-state index contributed by atoms with van der Waals surface area (Å²) in [6.45, 7) is 20.6. The average Bonchev–Trinajstić information content (AvgIpc) is 3.47. The molecule has 8 nitrogen and oxygen atoms in total. The van der Waals surface area contributed by atoms with Crippen molar-refractivity contribution in [1.29, 1.82) is 0 Å². The van der Waals surface area contributed by atoms with Crippen molar-refractivity contribution in [2.24, 2.45) is 7.05 Å². The summed E-state index contributed by atoms with van der Waals surface area (Å²) in [6, 6.07) is 7.48. The van der Waals surface area contributed by atoms with Crippen LogP contribution in [0.3, 0.4) is 0 Å². The summed E-state index contributed by atoms with van der Waals surface area (Å²) in [7, 11) is -0.190. The molecule has 0 aliphatic carbocycles. The van der Waals surface area contributed by atoms with Crippen LogP contribution < -0.4 is 10.5 Å². The highest BCUT2D eigenvalue weighted by Crippen LogP contribution is 2.39. The van der Waals surface area contributed by atoms with Crippen LogP contribution in [0, 0.1) is 5.82 Å². The Kier molecular flexibility index (Phi) is 9.99. The van der Waals surface area contributed by atoms with Gasteiger partial charge in [-0.15, -0.1) is 0 Å². The van der Waals surface area contributed by atoms with Crippen molar-refractivity contribution in [1.82, 2.24) is 19.2 Å². The second-order valence-corrected chi connectivity index (χ2v) is 19.4. The van der Waals surface area contributed by atoms with Gasteiger partial charge in [0, 0.05) is 50.9 Å². The number of aryl methyl sites for hydroxylation is 1. The van der Waals surface area contributed by atoms with Crippen molar-refractivity contribution in [3.8, 4) is 0 Å². The Morgan fingerprint density at radius 2 is 1.84 bits per heavy atom. The van der Waals surface area contributed by atoms with Crippen molar-refractivity contribution >= 4 is 25.0 Å². The Morgan fingerprint density at radius 3 is 2.49 bits per heavy atom. The summed E-state index contributed by atoms with van der Waals surface area (Å²) in [6.07, 6.45) is 6.87. The smallest absolute Gasteiger partial charge is 0.252 e. The van der Waals surface area contributed by atoms with Gasteiger partial charge in [-0.1, -0.05) is 40.7 Å². The van der Waals surface area contributed by atoms with E-state index in [1.807, 2.05) is 24.0 Å². The first-order valence-electron chi connectivity index (χ1n) is 16.9. The fourth-order valence-corrected chi connectivity index (χ4v) is 7.67. The lowest BCUT2D eigenvalue weighted by Gasteiger charge is -2.49. The molecule has 4 heterocycles. The zero-order chi connectivity index (χ0) is 32.7. The van der Waals surface area contributed by atoms with E-state index < -0.39 is 8.32 Å². The monoisotopic (exact) mass is 639 g/mol. The molecule has 0 spiro atoms. The molecule has 0 bridgehead atoms. The average molecular weight is 640 g/mol. The van der Waals surface area contributed by atoms with Crippen LogP contribution in [0.25, 0.3) is 11.0 Å². The van der Waals surface area contributed by atoms with Gasteiger partial charge in [0.15, 0.2) is 8.32 Å². The molecule has 2 aliphatic heterocycles. The van der Waals surface area contributed by atoms with Crippen molar-refractivity contribution in [2.45, 2.75) is 123 Å². The number of hydrogen-bond donors (Lipinski definition) is 0. The van der Waals surface area contributed by atoms with Crippen LogP contribution in [0.5, 0.6) is 0 Å². The van der Waals surface area contributed by atoms with Gasteiger partial charge in [-0.3, -0.25) is 9.69 Å². The van der Waals surface area contributed by atoms with Crippen molar-refractivity contribution in [3.05, 3.63) is 57.8 Å². The third-order valence-electron chi connectivity index (χ3n) is 10.8. The number of rotatable bonds is 9. The Balaban J connectivity index is 1.45. The number of aromatic nitrogens is 3. The van der Waals surface area contributed by atoms with Crippen LogP contribution in [0.4, 0.5) is 10.1 Å².